The molecule has 1 aromatic rings. The molecule has 0 spiro atoms. The first-order chi connectivity index (χ1) is 7.64. The van der Waals surface area contributed by atoms with E-state index in [4.69, 9.17) is 10.5 Å². The smallest absolute Gasteiger partial charge is 0.196 e. The van der Waals surface area contributed by atoms with E-state index in [1.54, 1.807) is 6.07 Å². The number of methoxy groups -OCH3 is 1. The highest BCUT2D eigenvalue weighted by molar-refractivity contribution is 5.46. The van der Waals surface area contributed by atoms with Crippen LogP contribution in [0.15, 0.2) is 12.1 Å². The minimum atomic E-state index is -0.479. The highest BCUT2D eigenvalue weighted by Gasteiger charge is 2.40. The molecule has 1 aliphatic carbocycles. The van der Waals surface area contributed by atoms with Gasteiger partial charge >= 0.3 is 0 Å². The van der Waals surface area contributed by atoms with Gasteiger partial charge in [0.15, 0.2) is 17.3 Å². The standard InChI is InChI=1S/C12H16FNO2/c1-16-11-9(15)4-3-8(10(11)13)12(7-14)5-2-6-12/h3-4,15H,2,5-7,14H2,1H3. The Morgan fingerprint density at radius 2 is 2.19 bits per heavy atom. The molecule has 0 atom stereocenters. The Kier molecular flexibility index (Phi) is 2.76. The summed E-state index contributed by atoms with van der Waals surface area (Å²) in [6, 6.07) is 3.08. The summed E-state index contributed by atoms with van der Waals surface area (Å²) in [6.07, 6.45) is 2.86. The molecule has 4 heteroatoms. The first-order valence-electron chi connectivity index (χ1n) is 5.40. The van der Waals surface area contributed by atoms with Crippen molar-refractivity contribution in [1.29, 1.82) is 0 Å². The number of ether oxygens (including phenoxy) is 1. The Labute approximate surface area is 94.0 Å². The third kappa shape index (κ3) is 1.45. The number of phenolic OH excluding ortho intramolecular Hbond substituents is 1. The predicted molar refractivity (Wildman–Crippen MR) is 59.2 cm³/mol. The molecule has 1 aliphatic rings. The second-order valence-corrected chi connectivity index (χ2v) is 4.32. The van der Waals surface area contributed by atoms with Crippen molar-refractivity contribution in [3.05, 3.63) is 23.5 Å². The van der Waals surface area contributed by atoms with Crippen LogP contribution in [0.2, 0.25) is 0 Å². The van der Waals surface area contributed by atoms with Crippen LogP contribution >= 0.6 is 0 Å². The van der Waals surface area contributed by atoms with Gasteiger partial charge in [0.05, 0.1) is 7.11 Å². The van der Waals surface area contributed by atoms with Crippen molar-refractivity contribution in [2.24, 2.45) is 5.73 Å². The molecule has 1 fully saturated rings. The zero-order valence-corrected chi connectivity index (χ0v) is 9.29. The highest BCUT2D eigenvalue weighted by atomic mass is 19.1. The SMILES string of the molecule is COc1c(O)ccc(C2(CN)CCC2)c1F. The first kappa shape index (κ1) is 11.2. The van der Waals surface area contributed by atoms with Crippen molar-refractivity contribution in [2.75, 3.05) is 13.7 Å². The van der Waals surface area contributed by atoms with Gasteiger partial charge in [-0.15, -0.1) is 0 Å². The maximum Gasteiger partial charge on any atom is 0.196 e. The summed E-state index contributed by atoms with van der Waals surface area (Å²) in [5, 5.41) is 9.45. The van der Waals surface area contributed by atoms with Crippen LogP contribution in [-0.2, 0) is 5.41 Å². The van der Waals surface area contributed by atoms with E-state index in [9.17, 15) is 9.50 Å². The number of nitrogens with two attached hydrogens (primary N) is 1. The van der Waals surface area contributed by atoms with Crippen LogP contribution in [0.4, 0.5) is 4.39 Å². The third-order valence-corrected chi connectivity index (χ3v) is 3.55. The van der Waals surface area contributed by atoms with Crippen molar-refractivity contribution in [1.82, 2.24) is 0 Å². The first-order valence-corrected chi connectivity index (χ1v) is 5.40. The van der Waals surface area contributed by atoms with Crippen molar-refractivity contribution >= 4 is 0 Å². The molecule has 1 aromatic carbocycles. The van der Waals surface area contributed by atoms with Gasteiger partial charge in [-0.2, -0.15) is 0 Å². The molecular weight excluding hydrogens is 209 g/mol. The lowest BCUT2D eigenvalue weighted by atomic mass is 9.64. The molecule has 0 bridgehead atoms. The molecule has 3 nitrogen and oxygen atoms in total. The van der Waals surface area contributed by atoms with Crippen LogP contribution < -0.4 is 10.5 Å². The minimum Gasteiger partial charge on any atom is -0.504 e. The molecule has 88 valence electrons. The minimum absolute atomic E-state index is 0.0859. The molecule has 0 heterocycles. The molecule has 0 unspecified atom stereocenters. The summed E-state index contributed by atoms with van der Waals surface area (Å²) in [5.74, 6) is -0.736. The summed E-state index contributed by atoms with van der Waals surface area (Å²) in [6.45, 7) is 0.428. The van der Waals surface area contributed by atoms with E-state index in [1.165, 1.54) is 13.2 Å². The molecule has 0 radical (unpaired) electrons. The number of phenols is 1. The van der Waals surface area contributed by atoms with Crippen LogP contribution in [-0.4, -0.2) is 18.8 Å². The Morgan fingerprint density at radius 1 is 1.50 bits per heavy atom. The summed E-state index contributed by atoms with van der Waals surface area (Å²) in [5.41, 5.74) is 6.04. The maximum absolute atomic E-state index is 14.1. The normalized spacial score (nSPS) is 17.9. The zero-order valence-electron chi connectivity index (χ0n) is 9.29. The van der Waals surface area contributed by atoms with Crippen LogP contribution in [0, 0.1) is 5.82 Å². The molecule has 0 aliphatic heterocycles. The van der Waals surface area contributed by atoms with Gasteiger partial charge in [-0.3, -0.25) is 0 Å². The maximum atomic E-state index is 14.1. The van der Waals surface area contributed by atoms with Gasteiger partial charge in [0.1, 0.15) is 0 Å². The molecule has 0 aromatic heterocycles. The largest absolute Gasteiger partial charge is 0.504 e. The van der Waals surface area contributed by atoms with E-state index in [1.807, 2.05) is 0 Å². The van der Waals surface area contributed by atoms with Gasteiger partial charge in [-0.1, -0.05) is 12.5 Å². The fraction of sp³-hybridized carbons (Fsp3) is 0.500. The summed E-state index contributed by atoms with van der Waals surface area (Å²) in [4.78, 5) is 0. The second-order valence-electron chi connectivity index (χ2n) is 4.32. The average Bonchev–Trinajstić information content (AvgIpc) is 2.21. The Hall–Kier alpha value is -1.29. The van der Waals surface area contributed by atoms with Gasteiger partial charge in [-0.25, -0.2) is 4.39 Å². The van der Waals surface area contributed by atoms with E-state index < -0.39 is 5.82 Å². The van der Waals surface area contributed by atoms with Gasteiger partial charge in [0.2, 0.25) is 0 Å². The van der Waals surface area contributed by atoms with E-state index in [-0.39, 0.29) is 16.9 Å². The molecule has 2 rings (SSSR count). The average molecular weight is 225 g/mol. The van der Waals surface area contributed by atoms with Crippen molar-refractivity contribution in [3.63, 3.8) is 0 Å². The highest BCUT2D eigenvalue weighted by Crippen LogP contribution is 2.46. The fourth-order valence-electron chi connectivity index (χ4n) is 2.34. The number of rotatable bonds is 3. The fourth-order valence-corrected chi connectivity index (χ4v) is 2.34. The lowest BCUT2D eigenvalue weighted by Gasteiger charge is -2.41. The van der Waals surface area contributed by atoms with Gasteiger partial charge in [0, 0.05) is 12.0 Å². The van der Waals surface area contributed by atoms with E-state index in [0.29, 0.717) is 12.1 Å². The van der Waals surface area contributed by atoms with Crippen LogP contribution in [0.3, 0.4) is 0 Å². The van der Waals surface area contributed by atoms with Crippen molar-refractivity contribution in [2.45, 2.75) is 24.7 Å². The molecule has 3 N–H and O–H groups in total. The van der Waals surface area contributed by atoms with E-state index >= 15 is 0 Å². The molecule has 0 amide bonds. The quantitative estimate of drug-likeness (QED) is 0.826. The van der Waals surface area contributed by atoms with Gasteiger partial charge < -0.3 is 15.6 Å². The topological polar surface area (TPSA) is 55.5 Å². The van der Waals surface area contributed by atoms with Crippen molar-refractivity contribution < 1.29 is 14.2 Å². The zero-order chi connectivity index (χ0) is 11.8. The van der Waals surface area contributed by atoms with Crippen LogP contribution in [0.5, 0.6) is 11.5 Å². The summed E-state index contributed by atoms with van der Waals surface area (Å²) < 4.78 is 19.0. The number of hydrogen-bond donors (Lipinski definition) is 2. The van der Waals surface area contributed by atoms with Gasteiger partial charge in [-0.05, 0) is 24.5 Å². The second kappa shape index (κ2) is 3.94. The Bertz CT molecular complexity index is 397. The third-order valence-electron chi connectivity index (χ3n) is 3.55. The lowest BCUT2D eigenvalue weighted by molar-refractivity contribution is 0.240. The van der Waals surface area contributed by atoms with Crippen molar-refractivity contribution in [3.8, 4) is 11.5 Å². The van der Waals surface area contributed by atoms with Gasteiger partial charge in [0.25, 0.3) is 0 Å². The number of hydrogen-bond acceptors (Lipinski definition) is 3. The Morgan fingerprint density at radius 3 is 2.62 bits per heavy atom. The lowest BCUT2D eigenvalue weighted by Crippen LogP contribution is -2.42. The summed E-state index contributed by atoms with van der Waals surface area (Å²) in [7, 11) is 1.35. The number of halogens is 1. The van der Waals surface area contributed by atoms with E-state index in [2.05, 4.69) is 0 Å². The van der Waals surface area contributed by atoms with Crippen LogP contribution in [0.1, 0.15) is 24.8 Å². The predicted octanol–water partition coefficient (Wildman–Crippen LogP) is 1.92. The molecule has 16 heavy (non-hydrogen) atoms. The monoisotopic (exact) mass is 225 g/mol. The molecular formula is C12H16FNO2. The van der Waals surface area contributed by atoms with Crippen LogP contribution in [0.25, 0.3) is 0 Å². The number of benzene rings is 1. The Balaban J connectivity index is 2.49. The number of aromatic hydroxyl groups is 1. The molecule has 0 saturated heterocycles. The molecule has 1 saturated carbocycles. The van der Waals surface area contributed by atoms with E-state index in [0.717, 1.165) is 19.3 Å². The summed E-state index contributed by atoms with van der Waals surface area (Å²) >= 11 is 0.